The molecule has 1 aliphatic heterocycles. The molecule has 0 radical (unpaired) electrons. The van der Waals surface area contributed by atoms with Crippen LogP contribution in [0, 0.1) is 5.21 Å². The molecule has 1 aromatic heterocycles. The van der Waals surface area contributed by atoms with Gasteiger partial charge in [0.2, 0.25) is 5.71 Å². The first-order chi connectivity index (χ1) is 10.5. The van der Waals surface area contributed by atoms with Crippen molar-refractivity contribution in [3.63, 3.8) is 0 Å². The molecule has 2 heterocycles. The van der Waals surface area contributed by atoms with Gasteiger partial charge in [-0.2, -0.15) is 4.74 Å². The van der Waals surface area contributed by atoms with Crippen LogP contribution in [0.2, 0.25) is 0 Å². The van der Waals surface area contributed by atoms with Gasteiger partial charge in [-0.3, -0.25) is 0 Å². The van der Waals surface area contributed by atoms with Gasteiger partial charge in [-0.05, 0) is 42.6 Å². The molecule has 2 unspecified atom stereocenters. The fourth-order valence-corrected chi connectivity index (χ4v) is 3.71. The Morgan fingerprint density at radius 2 is 2.00 bits per heavy atom. The predicted octanol–water partition coefficient (Wildman–Crippen LogP) is 3.02. The van der Waals surface area contributed by atoms with Gasteiger partial charge in [0.15, 0.2) is 0 Å². The number of nitrogens with zero attached hydrogens (tertiary/aromatic N) is 2. The molecule has 116 valence electrons. The number of hydroxylamine groups is 3. The molecule has 0 spiro atoms. The maximum atomic E-state index is 13.0. The molecular weight excluding hydrogens is 300 g/mol. The molecule has 3 rings (SSSR count). The summed E-state index contributed by atoms with van der Waals surface area (Å²) in [4.78, 5) is 0.874. The van der Waals surface area contributed by atoms with Gasteiger partial charge >= 0.3 is 0 Å². The van der Waals surface area contributed by atoms with Gasteiger partial charge in [0, 0.05) is 12.5 Å². The minimum atomic E-state index is -1.16. The number of rotatable bonds is 3. The molecular formula is C16H18N2O3S. The van der Waals surface area contributed by atoms with Gasteiger partial charge in [-0.25, -0.2) is 0 Å². The van der Waals surface area contributed by atoms with Crippen LogP contribution in [0.3, 0.4) is 0 Å². The Balaban J connectivity index is 2.11. The third-order valence-corrected chi connectivity index (χ3v) is 5.13. The SMILES string of the molecule is COc1ccc(C2(C)N(O)C(C)C(c3cccs3)=[N+]2[O-])cc1. The van der Waals surface area contributed by atoms with E-state index in [2.05, 4.69) is 0 Å². The highest BCUT2D eigenvalue weighted by molar-refractivity contribution is 7.12. The molecule has 5 nitrogen and oxygen atoms in total. The van der Waals surface area contributed by atoms with Crippen LogP contribution in [0.1, 0.15) is 24.3 Å². The molecule has 2 atom stereocenters. The van der Waals surface area contributed by atoms with Gasteiger partial charge in [0.05, 0.1) is 12.0 Å². The number of hydrogen-bond donors (Lipinski definition) is 1. The lowest BCUT2D eigenvalue weighted by molar-refractivity contribution is -0.595. The number of benzene rings is 1. The smallest absolute Gasteiger partial charge is 0.274 e. The Kier molecular flexibility index (Phi) is 3.68. The van der Waals surface area contributed by atoms with E-state index in [0.29, 0.717) is 17.0 Å². The highest BCUT2D eigenvalue weighted by Gasteiger charge is 2.54. The normalized spacial score (nSPS) is 25.7. The molecule has 0 amide bonds. The summed E-state index contributed by atoms with van der Waals surface area (Å²) in [5.41, 5.74) is 0.130. The topological polar surface area (TPSA) is 58.8 Å². The second kappa shape index (κ2) is 5.39. The number of methoxy groups -OCH3 is 1. The highest BCUT2D eigenvalue weighted by Crippen LogP contribution is 2.37. The average Bonchev–Trinajstić information content (AvgIpc) is 3.12. The first-order valence-corrected chi connectivity index (χ1v) is 7.89. The van der Waals surface area contributed by atoms with E-state index in [1.807, 2.05) is 24.4 Å². The van der Waals surface area contributed by atoms with Crippen LogP contribution in [0.15, 0.2) is 41.8 Å². The molecule has 0 fully saturated rings. The van der Waals surface area contributed by atoms with E-state index in [1.54, 1.807) is 38.3 Å². The van der Waals surface area contributed by atoms with Crippen molar-refractivity contribution in [2.75, 3.05) is 7.11 Å². The van der Waals surface area contributed by atoms with E-state index in [0.717, 1.165) is 14.7 Å². The van der Waals surface area contributed by atoms with Gasteiger partial charge in [0.1, 0.15) is 11.8 Å². The molecule has 0 saturated carbocycles. The van der Waals surface area contributed by atoms with Crippen molar-refractivity contribution in [3.8, 4) is 5.75 Å². The fraction of sp³-hybridized carbons (Fsp3) is 0.312. The second-order valence-electron chi connectivity index (χ2n) is 5.43. The predicted molar refractivity (Wildman–Crippen MR) is 85.5 cm³/mol. The standard InChI is InChI=1S/C16H18N2O3S/c1-11-15(14-5-4-10-22-14)18(20)16(2,17(11)19)12-6-8-13(21-3)9-7-12/h4-11,19H,1-3H3. The molecule has 0 saturated heterocycles. The summed E-state index contributed by atoms with van der Waals surface area (Å²) >= 11 is 1.50. The molecule has 0 bridgehead atoms. The number of ether oxygens (including phenoxy) is 1. The maximum Gasteiger partial charge on any atom is 0.274 e. The van der Waals surface area contributed by atoms with Crippen molar-refractivity contribution in [2.45, 2.75) is 25.6 Å². The Hall–Kier alpha value is -1.89. The quantitative estimate of drug-likeness (QED) is 0.698. The number of hydrogen-bond acceptors (Lipinski definition) is 5. The van der Waals surface area contributed by atoms with Crippen molar-refractivity contribution in [3.05, 3.63) is 57.4 Å². The van der Waals surface area contributed by atoms with Crippen molar-refractivity contribution in [2.24, 2.45) is 0 Å². The lowest BCUT2D eigenvalue weighted by Crippen LogP contribution is -2.45. The van der Waals surface area contributed by atoms with Gasteiger partial charge < -0.3 is 15.2 Å². The van der Waals surface area contributed by atoms with E-state index in [1.165, 1.54) is 11.3 Å². The second-order valence-corrected chi connectivity index (χ2v) is 6.37. The van der Waals surface area contributed by atoms with E-state index in [9.17, 15) is 10.4 Å². The van der Waals surface area contributed by atoms with E-state index in [4.69, 9.17) is 4.74 Å². The summed E-state index contributed by atoms with van der Waals surface area (Å²) < 4.78 is 6.06. The zero-order valence-electron chi connectivity index (χ0n) is 12.7. The lowest BCUT2D eigenvalue weighted by atomic mass is 10.0. The Morgan fingerprint density at radius 1 is 1.32 bits per heavy atom. The van der Waals surface area contributed by atoms with Crippen LogP contribution in [-0.4, -0.2) is 33.9 Å². The number of thiophene rings is 1. The zero-order chi connectivity index (χ0) is 15.9. The molecule has 0 aliphatic carbocycles. The van der Waals surface area contributed by atoms with E-state index in [-0.39, 0.29) is 6.04 Å². The van der Waals surface area contributed by atoms with Crippen LogP contribution >= 0.6 is 11.3 Å². The third-order valence-electron chi connectivity index (χ3n) is 4.23. The first kappa shape index (κ1) is 15.0. The average molecular weight is 318 g/mol. The molecule has 6 heteroatoms. The Morgan fingerprint density at radius 3 is 2.55 bits per heavy atom. The summed E-state index contributed by atoms with van der Waals surface area (Å²) in [7, 11) is 1.59. The minimum absolute atomic E-state index is 0.386. The van der Waals surface area contributed by atoms with Gasteiger partial charge in [-0.1, -0.05) is 6.07 Å². The Bertz CT molecular complexity index is 697. The molecule has 1 aliphatic rings. The van der Waals surface area contributed by atoms with Gasteiger partial charge in [-0.15, -0.1) is 16.4 Å². The lowest BCUT2D eigenvalue weighted by Gasteiger charge is -2.29. The summed E-state index contributed by atoms with van der Waals surface area (Å²) in [6.45, 7) is 3.55. The molecule has 22 heavy (non-hydrogen) atoms. The van der Waals surface area contributed by atoms with Crippen LogP contribution in [0.25, 0.3) is 0 Å². The fourth-order valence-electron chi connectivity index (χ4n) is 2.88. The Labute approximate surface area is 133 Å². The van der Waals surface area contributed by atoms with Crippen LogP contribution in [-0.2, 0) is 5.66 Å². The zero-order valence-corrected chi connectivity index (χ0v) is 13.5. The van der Waals surface area contributed by atoms with Crippen molar-refractivity contribution < 1.29 is 14.7 Å². The summed E-state index contributed by atoms with van der Waals surface area (Å²) in [5.74, 6) is 0.711. The summed E-state index contributed by atoms with van der Waals surface area (Å²) in [6, 6.07) is 10.6. The molecule has 1 N–H and O–H groups in total. The maximum absolute atomic E-state index is 13.0. The third kappa shape index (κ3) is 2.03. The monoisotopic (exact) mass is 318 g/mol. The molecule has 1 aromatic carbocycles. The van der Waals surface area contributed by atoms with Crippen LogP contribution < -0.4 is 4.74 Å². The van der Waals surface area contributed by atoms with Crippen LogP contribution in [0.4, 0.5) is 0 Å². The summed E-state index contributed by atoms with van der Waals surface area (Å²) in [6.07, 6.45) is 0. The molecule has 2 aromatic rings. The minimum Gasteiger partial charge on any atom is -0.622 e. The summed E-state index contributed by atoms with van der Waals surface area (Å²) in [5, 5.41) is 26.6. The van der Waals surface area contributed by atoms with E-state index < -0.39 is 5.66 Å². The first-order valence-electron chi connectivity index (χ1n) is 7.01. The van der Waals surface area contributed by atoms with Crippen molar-refractivity contribution in [1.29, 1.82) is 0 Å². The van der Waals surface area contributed by atoms with Crippen molar-refractivity contribution >= 4 is 17.0 Å². The van der Waals surface area contributed by atoms with Crippen LogP contribution in [0.5, 0.6) is 5.75 Å². The van der Waals surface area contributed by atoms with Gasteiger partial charge in [0.25, 0.3) is 5.66 Å². The van der Waals surface area contributed by atoms with E-state index >= 15 is 0 Å². The van der Waals surface area contributed by atoms with Crippen molar-refractivity contribution in [1.82, 2.24) is 5.06 Å². The largest absolute Gasteiger partial charge is 0.622 e. The highest BCUT2D eigenvalue weighted by atomic mass is 32.1.